The molecule has 0 radical (unpaired) electrons. The summed E-state index contributed by atoms with van der Waals surface area (Å²) in [6, 6.07) is 4.19. The number of pyridine rings is 1. The Morgan fingerprint density at radius 3 is 2.60 bits per heavy atom. The van der Waals surface area contributed by atoms with Crippen molar-refractivity contribution in [1.82, 2.24) is 15.6 Å². The zero-order valence-electron chi connectivity index (χ0n) is 12.1. The summed E-state index contributed by atoms with van der Waals surface area (Å²) in [4.78, 5) is 16.3. The van der Waals surface area contributed by atoms with Crippen molar-refractivity contribution < 1.29 is 4.79 Å². The van der Waals surface area contributed by atoms with E-state index in [9.17, 15) is 4.79 Å². The molecule has 2 heterocycles. The Balaban J connectivity index is 0.00000180. The van der Waals surface area contributed by atoms with E-state index < -0.39 is 0 Å². The van der Waals surface area contributed by atoms with Gasteiger partial charge in [-0.3, -0.25) is 9.78 Å². The average molecular weight is 320 g/mol. The number of aryl methyl sites for hydroxylation is 1. The second-order valence-electron chi connectivity index (χ2n) is 5.20. The van der Waals surface area contributed by atoms with Crippen molar-refractivity contribution >= 4 is 30.7 Å². The highest BCUT2D eigenvalue weighted by atomic mass is 35.5. The van der Waals surface area contributed by atoms with Crippen LogP contribution in [0.5, 0.6) is 0 Å². The fraction of sp³-hybridized carbons (Fsp3) is 0.571. The van der Waals surface area contributed by atoms with E-state index in [1.54, 1.807) is 6.20 Å². The number of hydrogen-bond acceptors (Lipinski definition) is 3. The van der Waals surface area contributed by atoms with Gasteiger partial charge in [-0.15, -0.1) is 24.8 Å². The number of aromatic nitrogens is 1. The Morgan fingerprint density at radius 2 is 2.05 bits per heavy atom. The number of amides is 1. The van der Waals surface area contributed by atoms with Crippen molar-refractivity contribution in [3.05, 3.63) is 29.6 Å². The van der Waals surface area contributed by atoms with Crippen molar-refractivity contribution in [2.45, 2.75) is 39.3 Å². The molecule has 114 valence electrons. The molecule has 1 amide bonds. The summed E-state index contributed by atoms with van der Waals surface area (Å²) in [5, 5.41) is 6.51. The van der Waals surface area contributed by atoms with Crippen molar-refractivity contribution in [1.29, 1.82) is 0 Å². The molecule has 0 saturated carbocycles. The molecule has 3 atom stereocenters. The number of rotatable bonds is 2. The minimum Gasteiger partial charge on any atom is -0.347 e. The van der Waals surface area contributed by atoms with Crippen LogP contribution in [-0.2, 0) is 0 Å². The third-order valence-electron chi connectivity index (χ3n) is 3.69. The largest absolute Gasteiger partial charge is 0.347 e. The lowest BCUT2D eigenvalue weighted by atomic mass is 9.89. The van der Waals surface area contributed by atoms with E-state index in [1.807, 2.05) is 19.1 Å². The van der Waals surface area contributed by atoms with Gasteiger partial charge in [0.2, 0.25) is 0 Å². The van der Waals surface area contributed by atoms with Crippen LogP contribution in [0.1, 0.15) is 36.3 Å². The second kappa shape index (κ2) is 8.45. The van der Waals surface area contributed by atoms with E-state index in [1.165, 1.54) is 0 Å². The van der Waals surface area contributed by atoms with Crippen LogP contribution in [0.4, 0.5) is 0 Å². The molecular weight excluding hydrogens is 297 g/mol. The number of nitrogens with one attached hydrogen (secondary N) is 2. The first-order valence-corrected chi connectivity index (χ1v) is 6.55. The van der Waals surface area contributed by atoms with Gasteiger partial charge < -0.3 is 10.6 Å². The minimum absolute atomic E-state index is 0. The van der Waals surface area contributed by atoms with Crippen LogP contribution in [-0.4, -0.2) is 29.5 Å². The smallest absolute Gasteiger partial charge is 0.253 e. The lowest BCUT2D eigenvalue weighted by Crippen LogP contribution is -2.55. The van der Waals surface area contributed by atoms with Crippen LogP contribution in [0.2, 0.25) is 0 Å². The van der Waals surface area contributed by atoms with Crippen molar-refractivity contribution in [2.24, 2.45) is 5.92 Å². The van der Waals surface area contributed by atoms with Crippen LogP contribution in [0.25, 0.3) is 0 Å². The summed E-state index contributed by atoms with van der Waals surface area (Å²) >= 11 is 0. The number of nitrogens with zero attached hydrogens (tertiary/aromatic N) is 1. The molecular formula is C14H23Cl2N3O. The highest BCUT2D eigenvalue weighted by molar-refractivity contribution is 5.94. The molecule has 6 heteroatoms. The maximum Gasteiger partial charge on any atom is 0.253 e. The summed E-state index contributed by atoms with van der Waals surface area (Å²) in [7, 11) is 0. The van der Waals surface area contributed by atoms with E-state index in [2.05, 4.69) is 29.5 Å². The number of piperidine rings is 1. The molecule has 0 bridgehead atoms. The lowest BCUT2D eigenvalue weighted by Gasteiger charge is -2.35. The maximum atomic E-state index is 12.1. The van der Waals surface area contributed by atoms with Gasteiger partial charge in [0, 0.05) is 24.0 Å². The number of halogens is 2. The number of carbonyl (C=O) groups is 1. The monoisotopic (exact) mass is 319 g/mol. The molecule has 4 nitrogen and oxygen atoms in total. The Kier molecular flexibility index (Phi) is 8.09. The predicted octanol–water partition coefficient (Wildman–Crippen LogP) is 2.35. The van der Waals surface area contributed by atoms with Gasteiger partial charge in [-0.05, 0) is 44.9 Å². The van der Waals surface area contributed by atoms with E-state index in [4.69, 9.17) is 0 Å². The molecule has 0 aromatic carbocycles. The third-order valence-corrected chi connectivity index (χ3v) is 3.69. The summed E-state index contributed by atoms with van der Waals surface area (Å²) in [5.74, 6) is 0.471. The number of hydrogen-bond donors (Lipinski definition) is 2. The van der Waals surface area contributed by atoms with Crippen LogP contribution in [0, 0.1) is 12.8 Å². The van der Waals surface area contributed by atoms with Gasteiger partial charge in [0.15, 0.2) is 0 Å². The van der Waals surface area contributed by atoms with Gasteiger partial charge in [0.25, 0.3) is 5.91 Å². The molecule has 1 aliphatic heterocycles. The highest BCUT2D eigenvalue weighted by Gasteiger charge is 2.28. The fourth-order valence-corrected chi connectivity index (χ4v) is 2.44. The Morgan fingerprint density at radius 1 is 1.35 bits per heavy atom. The molecule has 0 aliphatic carbocycles. The predicted molar refractivity (Wildman–Crippen MR) is 86.0 cm³/mol. The first kappa shape index (κ1) is 19.2. The molecule has 20 heavy (non-hydrogen) atoms. The zero-order valence-corrected chi connectivity index (χ0v) is 13.7. The summed E-state index contributed by atoms with van der Waals surface area (Å²) in [6.07, 6.45) is 2.73. The normalized spacial score (nSPS) is 25.1. The summed E-state index contributed by atoms with van der Waals surface area (Å²) < 4.78 is 0. The first-order valence-electron chi connectivity index (χ1n) is 6.55. The number of carbonyl (C=O) groups excluding carboxylic acids is 1. The molecule has 2 rings (SSSR count). The van der Waals surface area contributed by atoms with Crippen LogP contribution < -0.4 is 10.6 Å². The van der Waals surface area contributed by atoms with Crippen LogP contribution in [0.3, 0.4) is 0 Å². The summed E-state index contributed by atoms with van der Waals surface area (Å²) in [6.45, 7) is 7.25. The molecule has 1 aromatic heterocycles. The topological polar surface area (TPSA) is 54.0 Å². The standard InChI is InChI=1S/C14H21N3O.2ClH/c1-9-6-7-15-11(3)13(9)17-14(18)12-5-4-10(2)16-8-12;;/h4-5,8-9,11,13,15H,6-7H2,1-3H3,(H,17,18);2*1H. The van der Waals surface area contributed by atoms with Crippen LogP contribution in [0.15, 0.2) is 18.3 Å². The Labute approximate surface area is 132 Å². The Bertz CT molecular complexity index is 415. The molecule has 1 saturated heterocycles. The van der Waals surface area contributed by atoms with Crippen molar-refractivity contribution in [3.8, 4) is 0 Å². The Hall–Kier alpha value is -0.840. The molecule has 1 aliphatic rings. The van der Waals surface area contributed by atoms with E-state index >= 15 is 0 Å². The molecule has 0 spiro atoms. The van der Waals surface area contributed by atoms with Gasteiger partial charge >= 0.3 is 0 Å². The molecule has 3 unspecified atom stereocenters. The fourth-order valence-electron chi connectivity index (χ4n) is 2.44. The van der Waals surface area contributed by atoms with E-state index in [0.717, 1.165) is 18.7 Å². The lowest BCUT2D eigenvalue weighted by molar-refractivity contribution is 0.0897. The quantitative estimate of drug-likeness (QED) is 0.879. The van der Waals surface area contributed by atoms with Gasteiger partial charge in [-0.2, -0.15) is 0 Å². The van der Waals surface area contributed by atoms with Crippen molar-refractivity contribution in [2.75, 3.05) is 6.54 Å². The zero-order chi connectivity index (χ0) is 13.1. The maximum absolute atomic E-state index is 12.1. The summed E-state index contributed by atoms with van der Waals surface area (Å²) in [5.41, 5.74) is 1.55. The van der Waals surface area contributed by atoms with Crippen molar-refractivity contribution in [3.63, 3.8) is 0 Å². The second-order valence-corrected chi connectivity index (χ2v) is 5.20. The van der Waals surface area contributed by atoms with Gasteiger partial charge in [0.05, 0.1) is 5.56 Å². The van der Waals surface area contributed by atoms with E-state index in [0.29, 0.717) is 17.5 Å². The highest BCUT2D eigenvalue weighted by Crippen LogP contribution is 2.16. The van der Waals surface area contributed by atoms with Gasteiger partial charge in [-0.1, -0.05) is 6.92 Å². The third kappa shape index (κ3) is 4.62. The van der Waals surface area contributed by atoms with Gasteiger partial charge in [0.1, 0.15) is 0 Å². The molecule has 1 fully saturated rings. The first-order chi connectivity index (χ1) is 8.58. The SMILES string of the molecule is Cc1ccc(C(=O)NC2C(C)CCNC2C)cn1.Cl.Cl. The average Bonchev–Trinajstić information content (AvgIpc) is 2.34. The van der Waals surface area contributed by atoms with Crippen LogP contribution >= 0.6 is 24.8 Å². The van der Waals surface area contributed by atoms with E-state index in [-0.39, 0.29) is 36.8 Å². The van der Waals surface area contributed by atoms with Gasteiger partial charge in [-0.25, -0.2) is 0 Å². The molecule has 2 N–H and O–H groups in total. The molecule has 1 aromatic rings. The minimum atomic E-state index is -0.0325.